The number of hydrogen-bond donors (Lipinski definition) is 7. The molecule has 1 aromatic heterocycles. The van der Waals surface area contributed by atoms with E-state index < -0.39 is 54.8 Å². The van der Waals surface area contributed by atoms with Gasteiger partial charge >= 0.3 is 5.97 Å². The Balaban J connectivity index is 2.26. The third kappa shape index (κ3) is 5.77. The first kappa shape index (κ1) is 21.9. The number of rotatable bonds is 10. The highest BCUT2D eigenvalue weighted by molar-refractivity contribution is 5.94. The molecule has 0 saturated heterocycles. The average molecular weight is 405 g/mol. The second-order valence-electron chi connectivity index (χ2n) is 6.48. The van der Waals surface area contributed by atoms with Gasteiger partial charge in [0.2, 0.25) is 17.7 Å². The summed E-state index contributed by atoms with van der Waals surface area (Å²) in [6.45, 7) is -0.632. The van der Waals surface area contributed by atoms with E-state index in [1.54, 1.807) is 6.20 Å². The van der Waals surface area contributed by atoms with Gasteiger partial charge in [0.1, 0.15) is 18.1 Å². The highest BCUT2D eigenvalue weighted by Gasteiger charge is 2.29. The quantitative estimate of drug-likeness (QED) is 0.236. The number of aromatic amines is 1. The smallest absolute Gasteiger partial charge is 0.326 e. The lowest BCUT2D eigenvalue weighted by Crippen LogP contribution is -2.56. The molecule has 29 heavy (non-hydrogen) atoms. The molecule has 1 heterocycles. The number of aliphatic carboxylic acids is 1. The molecule has 3 atom stereocenters. The van der Waals surface area contributed by atoms with Gasteiger partial charge in [-0.2, -0.15) is 0 Å². The maximum absolute atomic E-state index is 12.7. The first-order chi connectivity index (χ1) is 13.7. The van der Waals surface area contributed by atoms with Gasteiger partial charge in [0.05, 0.1) is 13.0 Å². The van der Waals surface area contributed by atoms with Gasteiger partial charge < -0.3 is 37.3 Å². The van der Waals surface area contributed by atoms with Crippen LogP contribution in [0.2, 0.25) is 0 Å². The number of H-pyrrole nitrogens is 1. The Morgan fingerprint density at radius 1 is 1.07 bits per heavy atom. The molecule has 0 aliphatic carbocycles. The summed E-state index contributed by atoms with van der Waals surface area (Å²) in [5, 5.41) is 23.7. The van der Waals surface area contributed by atoms with Crippen molar-refractivity contribution < 1.29 is 29.4 Å². The summed E-state index contributed by atoms with van der Waals surface area (Å²) in [6, 6.07) is 3.29. The maximum Gasteiger partial charge on any atom is 0.326 e. The molecule has 3 amide bonds. The summed E-state index contributed by atoms with van der Waals surface area (Å²) in [5.41, 5.74) is 12.0. The molecule has 0 bridgehead atoms. The number of fused-ring (bicyclic) bond motifs is 1. The predicted octanol–water partition coefficient (Wildman–Crippen LogP) is -2.04. The highest BCUT2D eigenvalue weighted by atomic mass is 16.4. The topological polar surface area (TPSA) is 201 Å². The van der Waals surface area contributed by atoms with Crippen LogP contribution in [0.15, 0.2) is 30.5 Å². The largest absolute Gasteiger partial charge is 0.480 e. The van der Waals surface area contributed by atoms with Crippen LogP contribution in [0.5, 0.6) is 0 Å². The molecule has 11 nitrogen and oxygen atoms in total. The fourth-order valence-corrected chi connectivity index (χ4v) is 2.76. The molecule has 2 aromatic rings. The number of aliphatic hydroxyl groups is 1. The van der Waals surface area contributed by atoms with E-state index in [0.717, 1.165) is 10.9 Å². The van der Waals surface area contributed by atoms with Crippen LogP contribution in [0, 0.1) is 0 Å². The van der Waals surface area contributed by atoms with Gasteiger partial charge in [-0.15, -0.1) is 0 Å². The third-order valence-electron chi connectivity index (χ3n) is 4.29. The summed E-state index contributed by atoms with van der Waals surface area (Å²) in [7, 11) is 0. The molecular weight excluding hydrogens is 382 g/mol. The van der Waals surface area contributed by atoms with Crippen LogP contribution in [-0.4, -0.2) is 63.6 Å². The SMILES string of the molecule is NC(=O)C[C@H](NC(=O)[C@H](Cc1c[nH]c2ccccc12)NC(=O)[C@@H](N)CO)C(=O)O. The van der Waals surface area contributed by atoms with Gasteiger partial charge in [-0.25, -0.2) is 4.79 Å². The van der Waals surface area contributed by atoms with E-state index in [-0.39, 0.29) is 6.42 Å². The van der Waals surface area contributed by atoms with Crippen molar-refractivity contribution in [3.05, 3.63) is 36.0 Å². The Hall–Kier alpha value is -3.44. The number of nitrogens with two attached hydrogens (primary N) is 2. The summed E-state index contributed by atoms with van der Waals surface area (Å²) in [4.78, 5) is 50.2. The number of aliphatic hydroxyl groups excluding tert-OH is 1. The van der Waals surface area contributed by atoms with Gasteiger partial charge in [0, 0.05) is 23.5 Å². The van der Waals surface area contributed by atoms with Crippen molar-refractivity contribution >= 4 is 34.6 Å². The highest BCUT2D eigenvalue weighted by Crippen LogP contribution is 2.19. The Bertz CT molecular complexity index is 911. The molecule has 0 unspecified atom stereocenters. The van der Waals surface area contributed by atoms with Gasteiger partial charge in [-0.05, 0) is 11.6 Å². The van der Waals surface area contributed by atoms with Gasteiger partial charge in [0.15, 0.2) is 0 Å². The van der Waals surface area contributed by atoms with Crippen molar-refractivity contribution in [2.24, 2.45) is 11.5 Å². The molecule has 0 aliphatic heterocycles. The lowest BCUT2D eigenvalue weighted by atomic mass is 10.0. The lowest BCUT2D eigenvalue weighted by molar-refractivity contribution is -0.143. The van der Waals surface area contributed by atoms with E-state index in [4.69, 9.17) is 16.6 Å². The predicted molar refractivity (Wildman–Crippen MR) is 102 cm³/mol. The molecule has 0 fully saturated rings. The molecule has 0 radical (unpaired) electrons. The normalized spacial score (nSPS) is 14.0. The third-order valence-corrected chi connectivity index (χ3v) is 4.29. The molecular formula is C18H23N5O6. The number of amides is 3. The first-order valence-electron chi connectivity index (χ1n) is 8.76. The summed E-state index contributed by atoms with van der Waals surface area (Å²) < 4.78 is 0. The minimum absolute atomic E-state index is 0.0165. The standard InChI is InChI=1S/C18H23N5O6/c19-11(8-24)16(26)22-13(17(27)23-14(18(28)29)6-15(20)25)5-9-7-21-12-4-2-1-3-10(9)12/h1-4,7,11,13-14,21,24H,5-6,8,19H2,(H2,20,25)(H,22,26)(H,23,27)(H,28,29)/t11-,13-,14-/m0/s1. The molecule has 2 rings (SSSR count). The minimum atomic E-state index is -1.55. The Morgan fingerprint density at radius 2 is 1.72 bits per heavy atom. The number of benzene rings is 1. The zero-order valence-corrected chi connectivity index (χ0v) is 15.4. The lowest BCUT2D eigenvalue weighted by Gasteiger charge is -2.22. The maximum atomic E-state index is 12.7. The Morgan fingerprint density at radius 3 is 2.34 bits per heavy atom. The molecule has 1 aromatic carbocycles. The number of primary amides is 1. The fourth-order valence-electron chi connectivity index (χ4n) is 2.76. The van der Waals surface area contributed by atoms with Crippen LogP contribution in [0.3, 0.4) is 0 Å². The first-order valence-corrected chi connectivity index (χ1v) is 8.76. The number of carbonyl (C=O) groups excluding carboxylic acids is 3. The van der Waals surface area contributed by atoms with Crippen molar-refractivity contribution in [3.63, 3.8) is 0 Å². The summed E-state index contributed by atoms with van der Waals surface area (Å²) in [5.74, 6) is -3.96. The van der Waals surface area contributed by atoms with Crippen LogP contribution >= 0.6 is 0 Å². The van der Waals surface area contributed by atoms with Crippen molar-refractivity contribution in [2.75, 3.05) is 6.61 Å². The van der Waals surface area contributed by atoms with Crippen molar-refractivity contribution in [1.29, 1.82) is 0 Å². The summed E-state index contributed by atoms with van der Waals surface area (Å²) in [6.07, 6.45) is 1.08. The van der Waals surface area contributed by atoms with Gasteiger partial charge in [0.25, 0.3) is 0 Å². The van der Waals surface area contributed by atoms with Crippen LogP contribution in [-0.2, 0) is 25.6 Å². The number of carbonyl (C=O) groups is 4. The van der Waals surface area contributed by atoms with Crippen LogP contribution in [0.1, 0.15) is 12.0 Å². The van der Waals surface area contributed by atoms with E-state index in [1.807, 2.05) is 24.3 Å². The van der Waals surface area contributed by atoms with Crippen molar-refractivity contribution in [3.8, 4) is 0 Å². The number of para-hydroxylation sites is 1. The zero-order chi connectivity index (χ0) is 21.6. The number of carboxylic acids is 1. The molecule has 0 spiro atoms. The van der Waals surface area contributed by atoms with Gasteiger partial charge in [-0.3, -0.25) is 14.4 Å². The van der Waals surface area contributed by atoms with E-state index in [2.05, 4.69) is 15.6 Å². The second-order valence-corrected chi connectivity index (χ2v) is 6.48. The number of carboxylic acid groups (broad SMARTS) is 1. The molecule has 0 saturated carbocycles. The van der Waals surface area contributed by atoms with Crippen LogP contribution in [0.4, 0.5) is 0 Å². The van der Waals surface area contributed by atoms with Crippen LogP contribution in [0.25, 0.3) is 10.9 Å². The monoisotopic (exact) mass is 405 g/mol. The van der Waals surface area contributed by atoms with E-state index in [9.17, 15) is 24.3 Å². The zero-order valence-electron chi connectivity index (χ0n) is 15.4. The summed E-state index contributed by atoms with van der Waals surface area (Å²) >= 11 is 0. The van der Waals surface area contributed by atoms with Crippen molar-refractivity contribution in [1.82, 2.24) is 15.6 Å². The molecule has 0 aliphatic rings. The van der Waals surface area contributed by atoms with E-state index >= 15 is 0 Å². The van der Waals surface area contributed by atoms with E-state index in [0.29, 0.717) is 5.56 Å². The molecule has 11 heteroatoms. The molecule has 156 valence electrons. The second kappa shape index (κ2) is 9.66. The number of aromatic nitrogens is 1. The molecule has 9 N–H and O–H groups in total. The van der Waals surface area contributed by atoms with Gasteiger partial charge in [-0.1, -0.05) is 18.2 Å². The fraction of sp³-hybridized carbons (Fsp3) is 0.333. The minimum Gasteiger partial charge on any atom is -0.480 e. The van der Waals surface area contributed by atoms with Crippen LogP contribution < -0.4 is 22.1 Å². The Kier molecular flexibility index (Phi) is 7.28. The number of hydrogen-bond acceptors (Lipinski definition) is 6. The van der Waals surface area contributed by atoms with Crippen molar-refractivity contribution in [2.45, 2.75) is 31.0 Å². The van der Waals surface area contributed by atoms with E-state index in [1.165, 1.54) is 0 Å². The number of nitrogens with one attached hydrogen (secondary N) is 3. The average Bonchev–Trinajstić information content (AvgIpc) is 3.08. The Labute approximate surface area is 165 Å².